The van der Waals surface area contributed by atoms with Gasteiger partial charge in [-0.1, -0.05) is 6.92 Å². The summed E-state index contributed by atoms with van der Waals surface area (Å²) in [6.45, 7) is 6.14. The summed E-state index contributed by atoms with van der Waals surface area (Å²) < 4.78 is 11.0. The van der Waals surface area contributed by atoms with E-state index in [1.54, 1.807) is 6.07 Å². The molecule has 6 heteroatoms. The first-order chi connectivity index (χ1) is 10.1. The molecule has 1 aliphatic rings. The van der Waals surface area contributed by atoms with Crippen molar-refractivity contribution in [3.8, 4) is 5.75 Å². The lowest BCUT2D eigenvalue weighted by Crippen LogP contribution is -2.20. The summed E-state index contributed by atoms with van der Waals surface area (Å²) in [7, 11) is 0. The molecule has 2 rings (SSSR count). The molecule has 0 amide bonds. The molecule has 1 N–H and O–H groups in total. The van der Waals surface area contributed by atoms with Crippen molar-refractivity contribution in [2.24, 2.45) is 5.92 Å². The van der Waals surface area contributed by atoms with E-state index in [4.69, 9.17) is 9.47 Å². The van der Waals surface area contributed by atoms with E-state index in [1.165, 1.54) is 6.07 Å². The van der Waals surface area contributed by atoms with Gasteiger partial charge in [0.25, 0.3) is 5.69 Å². The fourth-order valence-corrected chi connectivity index (χ4v) is 2.39. The topological polar surface area (TPSA) is 73.6 Å². The van der Waals surface area contributed by atoms with Crippen LogP contribution in [0.3, 0.4) is 0 Å². The van der Waals surface area contributed by atoms with Crippen LogP contribution in [0.1, 0.15) is 26.7 Å². The Hall–Kier alpha value is -1.82. The highest BCUT2D eigenvalue weighted by atomic mass is 16.6. The molecule has 1 fully saturated rings. The second-order valence-corrected chi connectivity index (χ2v) is 5.33. The van der Waals surface area contributed by atoms with Crippen LogP contribution in [-0.4, -0.2) is 30.8 Å². The maximum Gasteiger partial charge on any atom is 0.275 e. The number of nitrogens with one attached hydrogen (secondary N) is 1. The molecular formula is C15H22N2O4. The summed E-state index contributed by atoms with van der Waals surface area (Å²) in [5.74, 6) is 0.966. The number of benzene rings is 1. The molecule has 0 aliphatic carbocycles. The third-order valence-corrected chi connectivity index (χ3v) is 3.68. The van der Waals surface area contributed by atoms with Crippen molar-refractivity contribution in [3.05, 3.63) is 28.3 Å². The minimum atomic E-state index is -0.398. The number of anilines is 1. The van der Waals surface area contributed by atoms with Crippen LogP contribution in [0.5, 0.6) is 5.75 Å². The van der Waals surface area contributed by atoms with Crippen molar-refractivity contribution in [1.82, 2.24) is 0 Å². The zero-order valence-corrected chi connectivity index (χ0v) is 12.5. The van der Waals surface area contributed by atoms with Gasteiger partial charge in [-0.2, -0.15) is 0 Å². The highest BCUT2D eigenvalue weighted by Gasteiger charge is 2.24. The quantitative estimate of drug-likeness (QED) is 0.617. The van der Waals surface area contributed by atoms with Crippen molar-refractivity contribution in [1.29, 1.82) is 0 Å². The van der Waals surface area contributed by atoms with Gasteiger partial charge in [-0.3, -0.25) is 10.1 Å². The van der Waals surface area contributed by atoms with Crippen LogP contribution >= 0.6 is 0 Å². The minimum Gasteiger partial charge on any atom is -0.493 e. The van der Waals surface area contributed by atoms with Gasteiger partial charge in [0.1, 0.15) is 5.75 Å². The van der Waals surface area contributed by atoms with Gasteiger partial charge < -0.3 is 14.8 Å². The maximum atomic E-state index is 11.0. The van der Waals surface area contributed by atoms with Crippen LogP contribution < -0.4 is 10.1 Å². The first-order valence-corrected chi connectivity index (χ1v) is 7.38. The first kappa shape index (κ1) is 15.6. The van der Waals surface area contributed by atoms with Crippen LogP contribution in [0.15, 0.2) is 18.2 Å². The zero-order valence-electron chi connectivity index (χ0n) is 12.5. The number of nitrogens with zero attached hydrogens (tertiary/aromatic N) is 1. The Morgan fingerprint density at radius 3 is 2.90 bits per heavy atom. The molecule has 0 radical (unpaired) electrons. The molecule has 0 saturated carbocycles. The van der Waals surface area contributed by atoms with Gasteiger partial charge >= 0.3 is 0 Å². The molecular weight excluding hydrogens is 272 g/mol. The molecule has 1 aromatic rings. The van der Waals surface area contributed by atoms with Gasteiger partial charge in [0.05, 0.1) is 23.7 Å². The lowest BCUT2D eigenvalue weighted by Gasteiger charge is -2.16. The Labute approximate surface area is 124 Å². The predicted octanol–water partition coefficient (Wildman–Crippen LogP) is 3.22. The molecule has 1 saturated heterocycles. The van der Waals surface area contributed by atoms with Crippen LogP contribution in [0.2, 0.25) is 0 Å². The fraction of sp³-hybridized carbons (Fsp3) is 0.600. The fourth-order valence-electron chi connectivity index (χ4n) is 2.39. The Morgan fingerprint density at radius 1 is 1.48 bits per heavy atom. The second kappa shape index (κ2) is 7.26. The third-order valence-electron chi connectivity index (χ3n) is 3.68. The van der Waals surface area contributed by atoms with Gasteiger partial charge in [-0.15, -0.1) is 0 Å². The molecule has 0 spiro atoms. The standard InChI is InChI=1S/C15H22N2O4/c1-3-5-21-15-8-13(7-14(9-15)17(18)19)16-10-12-4-6-20-11(12)2/h7-9,11-12,16H,3-6,10H2,1-2H3. The molecule has 21 heavy (non-hydrogen) atoms. The largest absolute Gasteiger partial charge is 0.493 e. The van der Waals surface area contributed by atoms with Crippen molar-refractivity contribution in [2.45, 2.75) is 32.8 Å². The van der Waals surface area contributed by atoms with Crippen molar-refractivity contribution >= 4 is 11.4 Å². The number of nitro groups is 1. The van der Waals surface area contributed by atoms with Crippen molar-refractivity contribution in [3.63, 3.8) is 0 Å². The average molecular weight is 294 g/mol. The van der Waals surface area contributed by atoms with E-state index >= 15 is 0 Å². The number of non-ortho nitro benzene ring substituents is 1. The average Bonchev–Trinajstić information content (AvgIpc) is 2.88. The molecule has 2 atom stereocenters. The Morgan fingerprint density at radius 2 is 2.29 bits per heavy atom. The summed E-state index contributed by atoms with van der Waals surface area (Å²) in [5, 5.41) is 14.3. The van der Waals surface area contributed by atoms with Crippen LogP contribution in [0.4, 0.5) is 11.4 Å². The van der Waals surface area contributed by atoms with Crippen molar-refractivity contribution < 1.29 is 14.4 Å². The van der Waals surface area contributed by atoms with Gasteiger partial charge in [0, 0.05) is 36.9 Å². The van der Waals surface area contributed by atoms with Gasteiger partial charge in [-0.05, 0) is 19.8 Å². The minimum absolute atomic E-state index is 0.0434. The lowest BCUT2D eigenvalue weighted by molar-refractivity contribution is -0.384. The molecule has 1 heterocycles. The highest BCUT2D eigenvalue weighted by Crippen LogP contribution is 2.27. The summed E-state index contributed by atoms with van der Waals surface area (Å²) in [4.78, 5) is 10.6. The number of hydrogen-bond donors (Lipinski definition) is 1. The van der Waals surface area contributed by atoms with Crippen LogP contribution in [0, 0.1) is 16.0 Å². The van der Waals surface area contributed by atoms with Crippen molar-refractivity contribution in [2.75, 3.05) is 25.1 Å². The Bertz CT molecular complexity index is 493. The monoisotopic (exact) mass is 294 g/mol. The predicted molar refractivity (Wildman–Crippen MR) is 80.9 cm³/mol. The normalized spacial score (nSPS) is 21.2. The van der Waals surface area contributed by atoms with E-state index in [0.29, 0.717) is 18.3 Å². The van der Waals surface area contributed by atoms with E-state index < -0.39 is 4.92 Å². The lowest BCUT2D eigenvalue weighted by atomic mass is 10.0. The van der Waals surface area contributed by atoms with Gasteiger partial charge in [-0.25, -0.2) is 0 Å². The smallest absolute Gasteiger partial charge is 0.275 e. The van der Waals surface area contributed by atoms with Crippen LogP contribution in [-0.2, 0) is 4.74 Å². The number of ether oxygens (including phenoxy) is 2. The highest BCUT2D eigenvalue weighted by molar-refractivity contribution is 5.56. The molecule has 0 aromatic heterocycles. The number of rotatable bonds is 7. The molecule has 0 bridgehead atoms. The Kier molecular flexibility index (Phi) is 5.38. The van der Waals surface area contributed by atoms with Gasteiger partial charge in [0.2, 0.25) is 0 Å². The van der Waals surface area contributed by atoms with Gasteiger partial charge in [0.15, 0.2) is 0 Å². The molecule has 2 unspecified atom stereocenters. The Balaban J connectivity index is 2.05. The molecule has 1 aliphatic heterocycles. The van der Waals surface area contributed by atoms with E-state index in [2.05, 4.69) is 12.2 Å². The summed E-state index contributed by atoms with van der Waals surface area (Å²) in [6, 6.07) is 4.81. The summed E-state index contributed by atoms with van der Waals surface area (Å²) in [5.41, 5.74) is 0.760. The molecule has 6 nitrogen and oxygen atoms in total. The summed E-state index contributed by atoms with van der Waals surface area (Å²) >= 11 is 0. The molecule has 1 aromatic carbocycles. The first-order valence-electron chi connectivity index (χ1n) is 7.38. The van der Waals surface area contributed by atoms with E-state index in [1.807, 2.05) is 13.0 Å². The number of nitro benzene ring substituents is 1. The number of hydrogen-bond acceptors (Lipinski definition) is 5. The van der Waals surface area contributed by atoms with Crippen LogP contribution in [0.25, 0.3) is 0 Å². The zero-order chi connectivity index (χ0) is 15.2. The SMILES string of the molecule is CCCOc1cc(NCC2CCOC2C)cc([N+](=O)[O-])c1. The van der Waals surface area contributed by atoms with E-state index in [9.17, 15) is 10.1 Å². The molecule has 116 valence electrons. The third kappa shape index (κ3) is 4.32. The van der Waals surface area contributed by atoms with E-state index in [-0.39, 0.29) is 11.8 Å². The summed E-state index contributed by atoms with van der Waals surface area (Å²) in [6.07, 6.45) is 2.11. The maximum absolute atomic E-state index is 11.0. The van der Waals surface area contributed by atoms with E-state index in [0.717, 1.165) is 31.7 Å². The second-order valence-electron chi connectivity index (χ2n) is 5.33.